The van der Waals surface area contributed by atoms with Gasteiger partial charge in [-0.25, -0.2) is 0 Å². The molecule has 0 saturated heterocycles. The first-order valence-electron chi connectivity index (χ1n) is 6.64. The van der Waals surface area contributed by atoms with Gasteiger partial charge in [0.2, 0.25) is 0 Å². The summed E-state index contributed by atoms with van der Waals surface area (Å²) in [5.41, 5.74) is 8.40. The Bertz CT molecular complexity index is 356. The molecule has 2 N–H and O–H groups in total. The maximum absolute atomic E-state index is 6.14. The van der Waals surface area contributed by atoms with Gasteiger partial charge in [0.1, 0.15) is 0 Å². The number of benzene rings is 1. The fourth-order valence-electron chi connectivity index (χ4n) is 2.64. The van der Waals surface area contributed by atoms with Gasteiger partial charge in [-0.2, -0.15) is 0 Å². The van der Waals surface area contributed by atoms with Crippen molar-refractivity contribution in [2.75, 3.05) is 6.54 Å². The smallest absolute Gasteiger partial charge is 0.0808 e. The van der Waals surface area contributed by atoms with Crippen molar-refractivity contribution in [1.82, 2.24) is 0 Å². The van der Waals surface area contributed by atoms with Gasteiger partial charge >= 0.3 is 0 Å². The molecule has 0 bridgehead atoms. The molecule has 1 aromatic rings. The number of nitrogens with two attached hydrogens (primary N) is 1. The molecule has 1 aliphatic rings. The summed E-state index contributed by atoms with van der Waals surface area (Å²) >= 11 is 0. The molecular formula is C15H23NO. The zero-order chi connectivity index (χ0) is 12.1. The molecule has 0 atom stereocenters. The topological polar surface area (TPSA) is 35.2 Å². The van der Waals surface area contributed by atoms with Gasteiger partial charge in [0.15, 0.2) is 0 Å². The standard InChI is InChI=1S/C15H23NO/c1-13-6-5-7-14(10-13)11-17-15(12-16)8-3-2-4-9-15/h5-7,10H,2-4,8-9,11-12,16H2,1H3. The fourth-order valence-corrected chi connectivity index (χ4v) is 2.64. The average Bonchev–Trinajstić information content (AvgIpc) is 2.38. The number of hydrogen-bond acceptors (Lipinski definition) is 2. The normalized spacial score (nSPS) is 19.2. The third-order valence-electron chi connectivity index (χ3n) is 3.76. The largest absolute Gasteiger partial charge is 0.369 e. The van der Waals surface area contributed by atoms with E-state index in [2.05, 4.69) is 31.2 Å². The van der Waals surface area contributed by atoms with Crippen molar-refractivity contribution in [3.63, 3.8) is 0 Å². The Balaban J connectivity index is 1.95. The summed E-state index contributed by atoms with van der Waals surface area (Å²) in [6.07, 6.45) is 6.08. The van der Waals surface area contributed by atoms with Crippen LogP contribution >= 0.6 is 0 Å². The van der Waals surface area contributed by atoms with Crippen LogP contribution in [-0.2, 0) is 11.3 Å². The van der Waals surface area contributed by atoms with Gasteiger partial charge in [-0.3, -0.25) is 0 Å². The van der Waals surface area contributed by atoms with Gasteiger partial charge in [0.25, 0.3) is 0 Å². The molecule has 0 amide bonds. The van der Waals surface area contributed by atoms with E-state index in [1.165, 1.54) is 30.4 Å². The molecule has 0 radical (unpaired) electrons. The van der Waals surface area contributed by atoms with Gasteiger partial charge in [-0.1, -0.05) is 49.1 Å². The molecule has 0 heterocycles. The van der Waals surface area contributed by atoms with Crippen LogP contribution in [-0.4, -0.2) is 12.1 Å². The molecule has 0 aromatic heterocycles. The maximum Gasteiger partial charge on any atom is 0.0808 e. The summed E-state index contributed by atoms with van der Waals surface area (Å²) in [5, 5.41) is 0. The van der Waals surface area contributed by atoms with E-state index >= 15 is 0 Å². The quantitative estimate of drug-likeness (QED) is 0.867. The highest BCUT2D eigenvalue weighted by molar-refractivity contribution is 5.21. The SMILES string of the molecule is Cc1cccc(COC2(CN)CCCCC2)c1. The minimum atomic E-state index is -0.0536. The van der Waals surface area contributed by atoms with E-state index in [1.807, 2.05) is 0 Å². The molecule has 1 aliphatic carbocycles. The van der Waals surface area contributed by atoms with E-state index in [9.17, 15) is 0 Å². The maximum atomic E-state index is 6.14. The second-order valence-corrected chi connectivity index (χ2v) is 5.23. The second kappa shape index (κ2) is 5.65. The second-order valence-electron chi connectivity index (χ2n) is 5.23. The van der Waals surface area contributed by atoms with E-state index in [0.717, 1.165) is 12.8 Å². The van der Waals surface area contributed by atoms with Crippen molar-refractivity contribution >= 4 is 0 Å². The van der Waals surface area contributed by atoms with Crippen molar-refractivity contribution in [3.05, 3.63) is 35.4 Å². The van der Waals surface area contributed by atoms with Crippen molar-refractivity contribution < 1.29 is 4.74 Å². The third-order valence-corrected chi connectivity index (χ3v) is 3.76. The molecule has 1 aromatic carbocycles. The van der Waals surface area contributed by atoms with Crippen LogP contribution in [0.15, 0.2) is 24.3 Å². The fraction of sp³-hybridized carbons (Fsp3) is 0.600. The number of hydrogen-bond donors (Lipinski definition) is 1. The molecule has 2 rings (SSSR count). The van der Waals surface area contributed by atoms with Crippen LogP contribution in [0.2, 0.25) is 0 Å². The molecule has 0 aliphatic heterocycles. The molecule has 2 nitrogen and oxygen atoms in total. The first-order chi connectivity index (χ1) is 8.24. The van der Waals surface area contributed by atoms with Crippen LogP contribution in [0.1, 0.15) is 43.2 Å². The van der Waals surface area contributed by atoms with Crippen molar-refractivity contribution in [1.29, 1.82) is 0 Å². The molecule has 1 saturated carbocycles. The minimum absolute atomic E-state index is 0.0536. The van der Waals surface area contributed by atoms with Crippen LogP contribution in [0, 0.1) is 6.92 Å². The van der Waals surface area contributed by atoms with Gasteiger partial charge in [-0.15, -0.1) is 0 Å². The van der Waals surface area contributed by atoms with Crippen molar-refractivity contribution in [2.24, 2.45) is 5.73 Å². The van der Waals surface area contributed by atoms with Crippen LogP contribution in [0.25, 0.3) is 0 Å². The van der Waals surface area contributed by atoms with Gasteiger partial charge in [0, 0.05) is 6.54 Å². The Morgan fingerprint density at radius 1 is 1.24 bits per heavy atom. The minimum Gasteiger partial charge on any atom is -0.369 e. The summed E-state index contributed by atoms with van der Waals surface area (Å²) in [7, 11) is 0. The highest BCUT2D eigenvalue weighted by atomic mass is 16.5. The summed E-state index contributed by atoms with van der Waals surface area (Å²) in [5.74, 6) is 0. The average molecular weight is 233 g/mol. The molecule has 1 fully saturated rings. The Kier molecular flexibility index (Phi) is 4.19. The van der Waals surface area contributed by atoms with E-state index in [-0.39, 0.29) is 5.60 Å². The molecule has 0 spiro atoms. The highest BCUT2D eigenvalue weighted by Crippen LogP contribution is 2.31. The molecular weight excluding hydrogens is 210 g/mol. The number of aryl methyl sites for hydroxylation is 1. The molecule has 0 unspecified atom stereocenters. The monoisotopic (exact) mass is 233 g/mol. The van der Waals surface area contributed by atoms with Crippen LogP contribution in [0.3, 0.4) is 0 Å². The first-order valence-corrected chi connectivity index (χ1v) is 6.64. The van der Waals surface area contributed by atoms with Crippen molar-refractivity contribution in [3.8, 4) is 0 Å². The lowest BCUT2D eigenvalue weighted by molar-refractivity contribution is -0.0733. The Labute approximate surface area is 104 Å². The van der Waals surface area contributed by atoms with E-state index < -0.39 is 0 Å². The van der Waals surface area contributed by atoms with E-state index in [0.29, 0.717) is 13.2 Å². The Morgan fingerprint density at radius 3 is 2.65 bits per heavy atom. The zero-order valence-electron chi connectivity index (χ0n) is 10.7. The number of rotatable bonds is 4. The van der Waals surface area contributed by atoms with Gasteiger partial charge in [0.05, 0.1) is 12.2 Å². The molecule has 17 heavy (non-hydrogen) atoms. The summed E-state index contributed by atoms with van der Waals surface area (Å²) in [6.45, 7) is 3.46. The zero-order valence-corrected chi connectivity index (χ0v) is 10.7. The first kappa shape index (κ1) is 12.6. The summed E-state index contributed by atoms with van der Waals surface area (Å²) in [4.78, 5) is 0. The molecule has 94 valence electrons. The van der Waals surface area contributed by atoms with E-state index in [1.54, 1.807) is 0 Å². The number of ether oxygens (including phenoxy) is 1. The summed E-state index contributed by atoms with van der Waals surface area (Å²) in [6, 6.07) is 8.51. The predicted molar refractivity (Wildman–Crippen MR) is 70.8 cm³/mol. The highest BCUT2D eigenvalue weighted by Gasteiger charge is 2.31. The van der Waals surface area contributed by atoms with Gasteiger partial charge in [-0.05, 0) is 25.3 Å². The lowest BCUT2D eigenvalue weighted by atomic mass is 9.84. The van der Waals surface area contributed by atoms with Crippen LogP contribution in [0.4, 0.5) is 0 Å². The van der Waals surface area contributed by atoms with E-state index in [4.69, 9.17) is 10.5 Å². The van der Waals surface area contributed by atoms with Crippen LogP contribution in [0.5, 0.6) is 0 Å². The van der Waals surface area contributed by atoms with Crippen LogP contribution < -0.4 is 5.73 Å². The lowest BCUT2D eigenvalue weighted by Crippen LogP contribution is -2.42. The van der Waals surface area contributed by atoms with Gasteiger partial charge < -0.3 is 10.5 Å². The Hall–Kier alpha value is -0.860. The Morgan fingerprint density at radius 2 is 2.00 bits per heavy atom. The third kappa shape index (κ3) is 3.30. The molecule has 2 heteroatoms. The summed E-state index contributed by atoms with van der Waals surface area (Å²) < 4.78 is 6.14. The predicted octanol–water partition coefficient (Wildman–Crippen LogP) is 3.17. The lowest BCUT2D eigenvalue weighted by Gasteiger charge is -2.36. The van der Waals surface area contributed by atoms with Crippen molar-refractivity contribution in [2.45, 2.75) is 51.2 Å².